The minimum Gasteiger partial charge on any atom is -0.478 e. The number of nitrogens with one attached hydrogen (secondary N) is 3. The third-order valence-electron chi connectivity index (χ3n) is 5.33. The molecule has 1 aliphatic heterocycles. The van der Waals surface area contributed by atoms with Crippen molar-refractivity contribution in [1.29, 1.82) is 0 Å². The number of likely N-dealkylation sites (N-methyl/N-ethyl adjacent to an activating group) is 1. The first-order chi connectivity index (χ1) is 18.6. The Labute approximate surface area is 230 Å². The fraction of sp³-hybridized carbons (Fsp3) is 0.474. The summed E-state index contributed by atoms with van der Waals surface area (Å²) in [5.41, 5.74) is 3.45. The number of carbonyl (C=O) groups is 4. The summed E-state index contributed by atoms with van der Waals surface area (Å²) in [7, 11) is -3.43. The second kappa shape index (κ2) is 11.9. The fourth-order valence-electron chi connectivity index (χ4n) is 3.26. The fourth-order valence-corrected chi connectivity index (χ4v) is 4.68. The number of thiazole rings is 1. The van der Waals surface area contributed by atoms with Gasteiger partial charge in [0.05, 0.1) is 31.9 Å². The van der Waals surface area contributed by atoms with E-state index in [4.69, 9.17) is 10.6 Å². The highest BCUT2D eigenvalue weighted by molar-refractivity contribution is 7.84. The molecule has 2 aromatic heterocycles. The number of β-lactam (4-membered cyclic amide) rings is 1. The van der Waals surface area contributed by atoms with E-state index in [9.17, 15) is 37.3 Å². The Hall–Kier alpha value is -4.21. The van der Waals surface area contributed by atoms with Crippen LogP contribution in [0.15, 0.2) is 16.7 Å². The van der Waals surface area contributed by atoms with Gasteiger partial charge in [-0.15, -0.1) is 16.4 Å². The molecular formula is C19H26N10O9S2. The van der Waals surface area contributed by atoms with Crippen molar-refractivity contribution in [1.82, 2.24) is 40.2 Å². The number of nitrogens with zero attached hydrogens (tertiary/aromatic N) is 6. The number of rotatable bonds is 13. The number of nitrogen functional groups attached to an aromatic ring is 1. The number of nitrogens with two attached hydrogens (primary N) is 1. The molecule has 7 N–H and O–H groups in total. The van der Waals surface area contributed by atoms with Gasteiger partial charge in [-0.2, -0.15) is 8.42 Å². The van der Waals surface area contributed by atoms with Crippen LogP contribution in [-0.4, -0.2) is 103 Å². The van der Waals surface area contributed by atoms with Gasteiger partial charge in [-0.3, -0.25) is 18.9 Å². The number of aliphatic carboxylic acids is 1. The number of oxime groups is 1. The molecule has 218 valence electrons. The Kier molecular flexibility index (Phi) is 9.02. The highest BCUT2D eigenvalue weighted by Gasteiger charge is 2.54. The summed E-state index contributed by atoms with van der Waals surface area (Å²) in [5, 5.41) is 29.5. The molecule has 1 saturated heterocycles. The second-order valence-corrected chi connectivity index (χ2v) is 11.0. The maximum atomic E-state index is 13.1. The van der Waals surface area contributed by atoms with Gasteiger partial charge in [0.1, 0.15) is 17.4 Å². The average Bonchev–Trinajstić information content (AvgIpc) is 3.49. The average molecular weight is 603 g/mol. The number of carboxylic acids is 1. The summed E-state index contributed by atoms with van der Waals surface area (Å²) in [6.45, 7) is 2.10. The van der Waals surface area contributed by atoms with Crippen LogP contribution in [0.1, 0.15) is 25.2 Å². The van der Waals surface area contributed by atoms with Gasteiger partial charge in [-0.25, -0.2) is 18.8 Å². The maximum Gasteiger partial charge on any atom is 0.362 e. The standard InChI is InChI=1S/C19H26N10O9S2/c1-19(2,17(33)34)38-26-13(10-8-39-18(20)23-10)15(31)24-14-11(29(16(14)32)40(35,36)37)7-28-6-9(25-27-28)4-22-12(30)5-21-3/h6,8,11,14,21H,4-5,7H2,1-3H3,(H2,20,23)(H,22,30)(H,24,31)(H,33,34)(H,35,36,37)/b26-13-/t11-,14+/m1/s1. The van der Waals surface area contributed by atoms with E-state index in [1.54, 1.807) is 7.05 Å². The predicted octanol–water partition coefficient (Wildman–Crippen LogP) is -3.07. The van der Waals surface area contributed by atoms with Gasteiger partial charge in [-0.05, 0) is 20.9 Å². The molecule has 40 heavy (non-hydrogen) atoms. The van der Waals surface area contributed by atoms with Crippen molar-refractivity contribution in [2.24, 2.45) is 5.16 Å². The van der Waals surface area contributed by atoms with Gasteiger partial charge >= 0.3 is 16.3 Å². The molecule has 0 spiro atoms. The number of anilines is 1. The molecule has 1 fully saturated rings. The Bertz CT molecular complexity index is 1440. The lowest BCUT2D eigenvalue weighted by atomic mass is 9.98. The molecule has 3 amide bonds. The normalized spacial score (nSPS) is 17.8. The third-order valence-corrected chi connectivity index (χ3v) is 6.95. The van der Waals surface area contributed by atoms with E-state index in [0.717, 1.165) is 16.0 Å². The van der Waals surface area contributed by atoms with E-state index in [-0.39, 0.29) is 40.7 Å². The Balaban J connectivity index is 1.82. The van der Waals surface area contributed by atoms with Gasteiger partial charge in [-0.1, -0.05) is 10.4 Å². The van der Waals surface area contributed by atoms with Gasteiger partial charge in [0.25, 0.3) is 11.8 Å². The van der Waals surface area contributed by atoms with Crippen molar-refractivity contribution < 1.29 is 42.1 Å². The lowest BCUT2D eigenvalue weighted by molar-refractivity contribution is -0.161. The number of hydrogen-bond acceptors (Lipinski definition) is 14. The van der Waals surface area contributed by atoms with E-state index in [1.807, 2.05) is 0 Å². The second-order valence-electron chi connectivity index (χ2n) is 8.79. The number of carboxylic acid groups (broad SMARTS) is 1. The van der Waals surface area contributed by atoms with Crippen LogP contribution >= 0.6 is 11.3 Å². The minimum absolute atomic E-state index is 0.00950. The zero-order valence-electron chi connectivity index (χ0n) is 21.3. The maximum absolute atomic E-state index is 13.1. The summed E-state index contributed by atoms with van der Waals surface area (Å²) < 4.78 is 34.6. The van der Waals surface area contributed by atoms with Crippen LogP contribution in [0.4, 0.5) is 5.13 Å². The van der Waals surface area contributed by atoms with Crippen LogP contribution in [-0.2, 0) is 47.4 Å². The van der Waals surface area contributed by atoms with Crippen molar-refractivity contribution >= 4 is 56.2 Å². The van der Waals surface area contributed by atoms with Crippen LogP contribution in [0.3, 0.4) is 0 Å². The Morgan fingerprint density at radius 2 is 2.02 bits per heavy atom. The number of carbonyl (C=O) groups excluding carboxylic acids is 3. The van der Waals surface area contributed by atoms with Crippen molar-refractivity contribution in [3.8, 4) is 0 Å². The number of hydrogen-bond donors (Lipinski definition) is 6. The molecule has 3 rings (SSSR count). The summed E-state index contributed by atoms with van der Waals surface area (Å²) in [5.74, 6) is -3.93. The van der Waals surface area contributed by atoms with E-state index >= 15 is 0 Å². The first-order valence-electron chi connectivity index (χ1n) is 11.3. The van der Waals surface area contributed by atoms with Crippen molar-refractivity contribution in [2.45, 2.75) is 44.6 Å². The van der Waals surface area contributed by atoms with E-state index in [2.05, 4.69) is 36.4 Å². The van der Waals surface area contributed by atoms with Crippen LogP contribution in [0.5, 0.6) is 0 Å². The molecular weight excluding hydrogens is 576 g/mol. The minimum atomic E-state index is -5.02. The summed E-state index contributed by atoms with van der Waals surface area (Å²) >= 11 is 0.944. The van der Waals surface area contributed by atoms with E-state index in [1.165, 1.54) is 25.4 Å². The first-order valence-corrected chi connectivity index (χ1v) is 13.5. The quantitative estimate of drug-likeness (QED) is 0.0575. The monoisotopic (exact) mass is 602 g/mol. The molecule has 0 bridgehead atoms. The molecule has 0 aromatic carbocycles. The van der Waals surface area contributed by atoms with E-state index in [0.29, 0.717) is 5.69 Å². The van der Waals surface area contributed by atoms with Crippen molar-refractivity contribution in [3.63, 3.8) is 0 Å². The highest BCUT2D eigenvalue weighted by atomic mass is 32.2. The Morgan fingerprint density at radius 1 is 1.32 bits per heavy atom. The van der Waals surface area contributed by atoms with Gasteiger partial charge in [0.2, 0.25) is 11.5 Å². The SMILES string of the molecule is CNCC(=O)NCc1cn(C[C@@H]2[C@H](NC(=O)/C(=N\OC(C)(C)C(=O)O)c3csc(N)n3)C(=O)N2S(=O)(=O)O)nn1. The zero-order chi connectivity index (χ0) is 29.8. The molecule has 0 saturated carbocycles. The third kappa shape index (κ3) is 7.05. The van der Waals surface area contributed by atoms with Gasteiger partial charge < -0.3 is 31.6 Å². The van der Waals surface area contributed by atoms with Gasteiger partial charge in [0, 0.05) is 5.38 Å². The highest BCUT2D eigenvalue weighted by Crippen LogP contribution is 2.25. The van der Waals surface area contributed by atoms with Crippen molar-refractivity contribution in [2.75, 3.05) is 19.3 Å². The van der Waals surface area contributed by atoms with Crippen LogP contribution in [0, 0.1) is 0 Å². The molecule has 0 radical (unpaired) electrons. The van der Waals surface area contributed by atoms with Crippen molar-refractivity contribution in [3.05, 3.63) is 23.0 Å². The molecule has 21 heteroatoms. The van der Waals surface area contributed by atoms with Crippen LogP contribution in [0.2, 0.25) is 0 Å². The molecule has 2 aromatic rings. The number of amides is 3. The molecule has 3 heterocycles. The largest absolute Gasteiger partial charge is 0.478 e. The molecule has 0 aliphatic carbocycles. The molecule has 1 aliphatic rings. The Morgan fingerprint density at radius 3 is 2.60 bits per heavy atom. The van der Waals surface area contributed by atoms with Gasteiger partial charge in [0.15, 0.2) is 10.8 Å². The number of aromatic nitrogens is 4. The zero-order valence-corrected chi connectivity index (χ0v) is 22.9. The summed E-state index contributed by atoms with van der Waals surface area (Å²) in [4.78, 5) is 57.7. The van der Waals surface area contributed by atoms with E-state index < -0.39 is 51.5 Å². The molecule has 19 nitrogen and oxygen atoms in total. The summed E-state index contributed by atoms with van der Waals surface area (Å²) in [6.07, 6.45) is 1.37. The summed E-state index contributed by atoms with van der Waals surface area (Å²) in [6, 6.07) is -2.84. The molecule has 2 atom stereocenters. The van der Waals surface area contributed by atoms with Crippen LogP contribution in [0.25, 0.3) is 0 Å². The first kappa shape index (κ1) is 30.3. The smallest absolute Gasteiger partial charge is 0.362 e. The lowest BCUT2D eigenvalue weighted by Crippen LogP contribution is -2.73. The topological polar surface area (TPSA) is 273 Å². The van der Waals surface area contributed by atoms with Crippen LogP contribution < -0.4 is 21.7 Å². The lowest BCUT2D eigenvalue weighted by Gasteiger charge is -2.43. The molecule has 0 unspecified atom stereocenters. The predicted molar refractivity (Wildman–Crippen MR) is 136 cm³/mol.